The number of carboxylic acids is 1. The molecule has 0 heterocycles. The van der Waals surface area contributed by atoms with Gasteiger partial charge in [-0.25, -0.2) is 4.79 Å². The lowest BCUT2D eigenvalue weighted by Gasteiger charge is -2.19. The van der Waals surface area contributed by atoms with Crippen LogP contribution in [0.3, 0.4) is 0 Å². The van der Waals surface area contributed by atoms with Crippen molar-refractivity contribution in [3.63, 3.8) is 0 Å². The van der Waals surface area contributed by atoms with Crippen LogP contribution in [0.15, 0.2) is 40.9 Å². The SMILES string of the molecule is Cc1cccc(C(Nc2ccc(Cl)c(Br)c2)C(=O)O)c1C. The van der Waals surface area contributed by atoms with Crippen molar-refractivity contribution in [3.05, 3.63) is 62.6 Å². The molecule has 2 N–H and O–H groups in total. The third-order valence-electron chi connectivity index (χ3n) is 3.44. The van der Waals surface area contributed by atoms with E-state index >= 15 is 0 Å². The van der Waals surface area contributed by atoms with Gasteiger partial charge in [-0.15, -0.1) is 0 Å². The number of aliphatic carboxylic acids is 1. The predicted molar refractivity (Wildman–Crippen MR) is 89.1 cm³/mol. The topological polar surface area (TPSA) is 49.3 Å². The van der Waals surface area contributed by atoms with Gasteiger partial charge in [-0.2, -0.15) is 0 Å². The Morgan fingerprint density at radius 3 is 2.62 bits per heavy atom. The van der Waals surface area contributed by atoms with Crippen molar-refractivity contribution in [1.29, 1.82) is 0 Å². The van der Waals surface area contributed by atoms with Gasteiger partial charge in [-0.1, -0.05) is 29.8 Å². The molecule has 5 heteroatoms. The molecule has 0 aromatic heterocycles. The van der Waals surface area contributed by atoms with Crippen molar-refractivity contribution < 1.29 is 9.90 Å². The summed E-state index contributed by atoms with van der Waals surface area (Å²) in [5, 5.41) is 13.2. The largest absolute Gasteiger partial charge is 0.479 e. The molecule has 3 nitrogen and oxygen atoms in total. The summed E-state index contributed by atoms with van der Waals surface area (Å²) in [4.78, 5) is 11.6. The molecule has 0 saturated carbocycles. The van der Waals surface area contributed by atoms with Crippen molar-refractivity contribution in [2.75, 3.05) is 5.32 Å². The number of hydrogen-bond donors (Lipinski definition) is 2. The number of rotatable bonds is 4. The van der Waals surface area contributed by atoms with Crippen molar-refractivity contribution in [3.8, 4) is 0 Å². The van der Waals surface area contributed by atoms with Crippen LogP contribution >= 0.6 is 27.5 Å². The lowest BCUT2D eigenvalue weighted by atomic mass is 9.97. The van der Waals surface area contributed by atoms with E-state index in [0.717, 1.165) is 21.2 Å². The van der Waals surface area contributed by atoms with E-state index in [-0.39, 0.29) is 0 Å². The third kappa shape index (κ3) is 3.57. The molecule has 0 aliphatic heterocycles. The second kappa shape index (κ2) is 6.50. The second-order valence-electron chi connectivity index (χ2n) is 4.83. The Labute approximate surface area is 137 Å². The summed E-state index contributed by atoms with van der Waals surface area (Å²) >= 11 is 9.29. The highest BCUT2D eigenvalue weighted by atomic mass is 79.9. The quantitative estimate of drug-likeness (QED) is 0.802. The number of carbonyl (C=O) groups is 1. The van der Waals surface area contributed by atoms with Crippen LogP contribution in [0, 0.1) is 13.8 Å². The standard InChI is InChI=1S/C16H15BrClNO2/c1-9-4-3-5-12(10(9)2)15(16(20)21)19-11-6-7-14(18)13(17)8-11/h3-8,15,19H,1-2H3,(H,20,21). The summed E-state index contributed by atoms with van der Waals surface area (Å²) in [5.74, 6) is -0.922. The summed E-state index contributed by atoms with van der Waals surface area (Å²) in [6.45, 7) is 3.90. The van der Waals surface area contributed by atoms with E-state index in [0.29, 0.717) is 10.7 Å². The summed E-state index contributed by atoms with van der Waals surface area (Å²) in [6, 6.07) is 10.1. The Bertz CT molecular complexity index is 688. The van der Waals surface area contributed by atoms with E-state index in [1.807, 2.05) is 32.0 Å². The Hall–Kier alpha value is -1.52. The molecule has 2 rings (SSSR count). The van der Waals surface area contributed by atoms with Gasteiger partial charge in [0, 0.05) is 10.2 Å². The average Bonchev–Trinajstić information content (AvgIpc) is 2.43. The van der Waals surface area contributed by atoms with Crippen LogP contribution < -0.4 is 5.32 Å². The minimum atomic E-state index is -0.922. The molecule has 2 aromatic rings. The minimum absolute atomic E-state index is 0.583. The maximum absolute atomic E-state index is 11.6. The Morgan fingerprint density at radius 1 is 1.29 bits per heavy atom. The van der Waals surface area contributed by atoms with Gasteiger partial charge in [0.05, 0.1) is 5.02 Å². The van der Waals surface area contributed by atoms with Gasteiger partial charge in [0.25, 0.3) is 0 Å². The number of hydrogen-bond acceptors (Lipinski definition) is 2. The zero-order valence-electron chi connectivity index (χ0n) is 11.7. The van der Waals surface area contributed by atoms with Crippen LogP contribution in [0.25, 0.3) is 0 Å². The van der Waals surface area contributed by atoms with Crippen LogP contribution in [0.5, 0.6) is 0 Å². The van der Waals surface area contributed by atoms with E-state index in [2.05, 4.69) is 21.2 Å². The van der Waals surface area contributed by atoms with Crippen molar-refractivity contribution in [2.24, 2.45) is 0 Å². The molecule has 1 atom stereocenters. The number of carboxylic acid groups (broad SMARTS) is 1. The number of anilines is 1. The normalized spacial score (nSPS) is 12.0. The van der Waals surface area contributed by atoms with Crippen LogP contribution in [-0.2, 0) is 4.79 Å². The maximum Gasteiger partial charge on any atom is 0.330 e. The van der Waals surface area contributed by atoms with Crippen molar-refractivity contribution >= 4 is 39.2 Å². The molecule has 0 amide bonds. The van der Waals surface area contributed by atoms with E-state index in [1.165, 1.54) is 0 Å². The molecule has 0 aliphatic rings. The molecular formula is C16H15BrClNO2. The Morgan fingerprint density at radius 2 is 2.00 bits per heavy atom. The first kappa shape index (κ1) is 15.9. The minimum Gasteiger partial charge on any atom is -0.479 e. The first-order valence-corrected chi connectivity index (χ1v) is 7.57. The number of aryl methyl sites for hydroxylation is 1. The molecule has 0 fully saturated rings. The van der Waals surface area contributed by atoms with Crippen LogP contribution in [0.4, 0.5) is 5.69 Å². The zero-order chi connectivity index (χ0) is 15.6. The summed E-state index contributed by atoms with van der Waals surface area (Å²) in [6.07, 6.45) is 0. The molecule has 0 bridgehead atoms. The lowest BCUT2D eigenvalue weighted by Crippen LogP contribution is -2.21. The Kier molecular flexibility index (Phi) is 4.91. The van der Waals surface area contributed by atoms with E-state index in [9.17, 15) is 9.90 Å². The van der Waals surface area contributed by atoms with Gasteiger partial charge < -0.3 is 10.4 Å². The highest BCUT2D eigenvalue weighted by molar-refractivity contribution is 9.10. The molecule has 110 valence electrons. The maximum atomic E-state index is 11.6. The fraction of sp³-hybridized carbons (Fsp3) is 0.188. The smallest absolute Gasteiger partial charge is 0.330 e. The fourth-order valence-corrected chi connectivity index (χ4v) is 2.61. The van der Waals surface area contributed by atoms with Crippen LogP contribution in [0.2, 0.25) is 5.02 Å². The summed E-state index contributed by atoms with van der Waals surface area (Å²) in [5.41, 5.74) is 3.50. The number of nitrogens with one attached hydrogen (secondary N) is 1. The molecule has 0 saturated heterocycles. The number of benzene rings is 2. The monoisotopic (exact) mass is 367 g/mol. The van der Waals surface area contributed by atoms with Gasteiger partial charge in [-0.05, 0) is 64.7 Å². The van der Waals surface area contributed by atoms with Gasteiger partial charge in [0.15, 0.2) is 6.04 Å². The second-order valence-corrected chi connectivity index (χ2v) is 6.10. The molecule has 0 aliphatic carbocycles. The lowest BCUT2D eigenvalue weighted by molar-refractivity contribution is -0.138. The first-order chi connectivity index (χ1) is 9.90. The van der Waals surface area contributed by atoms with Crippen molar-refractivity contribution in [1.82, 2.24) is 0 Å². The predicted octanol–water partition coefficient (Wildman–Crippen LogP) is 4.96. The highest BCUT2D eigenvalue weighted by Gasteiger charge is 2.22. The summed E-state index contributed by atoms with van der Waals surface area (Å²) in [7, 11) is 0. The van der Waals surface area contributed by atoms with E-state index < -0.39 is 12.0 Å². The molecule has 0 spiro atoms. The molecule has 0 radical (unpaired) electrons. The molecular weight excluding hydrogens is 354 g/mol. The molecule has 1 unspecified atom stereocenters. The molecule has 21 heavy (non-hydrogen) atoms. The molecule has 2 aromatic carbocycles. The average molecular weight is 369 g/mol. The van der Waals surface area contributed by atoms with Gasteiger partial charge in [0.2, 0.25) is 0 Å². The fourth-order valence-electron chi connectivity index (χ4n) is 2.11. The van der Waals surface area contributed by atoms with Crippen LogP contribution in [-0.4, -0.2) is 11.1 Å². The third-order valence-corrected chi connectivity index (χ3v) is 4.65. The first-order valence-electron chi connectivity index (χ1n) is 6.40. The van der Waals surface area contributed by atoms with Gasteiger partial charge >= 0.3 is 5.97 Å². The van der Waals surface area contributed by atoms with Crippen molar-refractivity contribution in [2.45, 2.75) is 19.9 Å². The van der Waals surface area contributed by atoms with Gasteiger partial charge in [-0.3, -0.25) is 0 Å². The Balaban J connectivity index is 2.38. The van der Waals surface area contributed by atoms with E-state index in [4.69, 9.17) is 11.6 Å². The van der Waals surface area contributed by atoms with Gasteiger partial charge in [0.1, 0.15) is 0 Å². The zero-order valence-corrected chi connectivity index (χ0v) is 14.0. The summed E-state index contributed by atoms with van der Waals surface area (Å²) < 4.78 is 0.722. The van der Waals surface area contributed by atoms with E-state index in [1.54, 1.807) is 18.2 Å². The number of halogens is 2. The van der Waals surface area contributed by atoms with Crippen LogP contribution in [0.1, 0.15) is 22.7 Å². The highest BCUT2D eigenvalue weighted by Crippen LogP contribution is 2.29.